The fourth-order valence-electron chi connectivity index (χ4n) is 2.12. The monoisotopic (exact) mass is 396 g/mol. The molecule has 142 valence electrons. The van der Waals surface area contributed by atoms with Gasteiger partial charge in [-0.15, -0.1) is 5.10 Å². The van der Waals surface area contributed by atoms with Crippen LogP contribution in [0.1, 0.15) is 5.56 Å². The van der Waals surface area contributed by atoms with Crippen molar-refractivity contribution in [2.45, 2.75) is 0 Å². The number of carbonyl (C=O) groups is 2. The molecule has 1 fully saturated rings. The molecule has 0 unspecified atom stereocenters. The first-order valence-corrected chi connectivity index (χ1v) is 8.88. The lowest BCUT2D eigenvalue weighted by Crippen LogP contribution is -2.19. The van der Waals surface area contributed by atoms with Crippen LogP contribution in [0.3, 0.4) is 0 Å². The number of rotatable bonds is 5. The number of amides is 1. The third kappa shape index (κ3) is 5.21. The number of thioether (sulfide) groups is 1. The SMILES string of the molecule is COC(=O)/C=C1/S/C(=N\N=Cc2cccc(Oc3ccc(N)cc3)c2)NC1=O. The molecule has 3 N–H and O–H groups in total. The number of nitrogen functional groups attached to an aromatic ring is 1. The lowest BCUT2D eigenvalue weighted by atomic mass is 10.2. The Morgan fingerprint density at radius 1 is 1.18 bits per heavy atom. The summed E-state index contributed by atoms with van der Waals surface area (Å²) in [4.78, 5) is 23.2. The Bertz CT molecular complexity index is 984. The van der Waals surface area contributed by atoms with Gasteiger partial charge < -0.3 is 15.2 Å². The van der Waals surface area contributed by atoms with Gasteiger partial charge >= 0.3 is 5.97 Å². The molecule has 0 atom stereocenters. The Balaban J connectivity index is 1.65. The summed E-state index contributed by atoms with van der Waals surface area (Å²) < 4.78 is 10.3. The molecule has 0 aliphatic carbocycles. The molecule has 0 saturated carbocycles. The summed E-state index contributed by atoms with van der Waals surface area (Å²) in [5.74, 6) is 0.260. The van der Waals surface area contributed by atoms with E-state index in [9.17, 15) is 9.59 Å². The number of carbonyl (C=O) groups excluding carboxylic acids is 2. The van der Waals surface area contributed by atoms with Gasteiger partial charge in [0.2, 0.25) is 0 Å². The predicted molar refractivity (Wildman–Crippen MR) is 108 cm³/mol. The van der Waals surface area contributed by atoms with Crippen LogP contribution < -0.4 is 15.8 Å². The number of ether oxygens (including phenoxy) is 2. The Labute approximate surface area is 165 Å². The van der Waals surface area contributed by atoms with Gasteiger partial charge in [-0.3, -0.25) is 10.1 Å². The molecule has 0 spiro atoms. The number of amidine groups is 1. The lowest BCUT2D eigenvalue weighted by Gasteiger charge is -2.06. The predicted octanol–water partition coefficient (Wildman–Crippen LogP) is 2.67. The van der Waals surface area contributed by atoms with E-state index in [0.29, 0.717) is 17.2 Å². The zero-order chi connectivity index (χ0) is 19.9. The van der Waals surface area contributed by atoms with Crippen molar-refractivity contribution in [3.63, 3.8) is 0 Å². The highest BCUT2D eigenvalue weighted by Crippen LogP contribution is 2.24. The van der Waals surface area contributed by atoms with E-state index >= 15 is 0 Å². The molecule has 1 aliphatic rings. The molecule has 2 aromatic rings. The maximum atomic E-state index is 11.7. The molecule has 1 saturated heterocycles. The highest BCUT2D eigenvalue weighted by molar-refractivity contribution is 8.18. The number of benzene rings is 2. The molecule has 8 nitrogen and oxygen atoms in total. The third-order valence-corrected chi connectivity index (χ3v) is 4.33. The van der Waals surface area contributed by atoms with E-state index in [1.165, 1.54) is 13.3 Å². The Kier molecular flexibility index (Phi) is 6.07. The van der Waals surface area contributed by atoms with E-state index in [0.717, 1.165) is 23.4 Å². The summed E-state index contributed by atoms with van der Waals surface area (Å²) >= 11 is 1.00. The van der Waals surface area contributed by atoms with E-state index in [1.807, 2.05) is 18.2 Å². The zero-order valence-electron chi connectivity index (χ0n) is 14.8. The summed E-state index contributed by atoms with van der Waals surface area (Å²) in [7, 11) is 1.24. The minimum Gasteiger partial charge on any atom is -0.466 e. The first kappa shape index (κ1) is 19.2. The molecule has 1 aliphatic heterocycles. The van der Waals surface area contributed by atoms with Crippen LogP contribution in [0, 0.1) is 0 Å². The Morgan fingerprint density at radius 2 is 1.96 bits per heavy atom. The molecular formula is C19H16N4O4S. The molecule has 0 bridgehead atoms. The third-order valence-electron chi connectivity index (χ3n) is 3.43. The fraction of sp³-hybridized carbons (Fsp3) is 0.0526. The van der Waals surface area contributed by atoms with Gasteiger partial charge in [0.25, 0.3) is 5.91 Å². The average molecular weight is 396 g/mol. The zero-order valence-corrected chi connectivity index (χ0v) is 15.6. The van der Waals surface area contributed by atoms with Crippen molar-refractivity contribution in [3.8, 4) is 11.5 Å². The van der Waals surface area contributed by atoms with Gasteiger partial charge in [0.05, 0.1) is 18.2 Å². The lowest BCUT2D eigenvalue weighted by molar-refractivity contribution is -0.135. The van der Waals surface area contributed by atoms with Crippen LogP contribution in [0.2, 0.25) is 0 Å². The fourth-order valence-corrected chi connectivity index (χ4v) is 2.86. The van der Waals surface area contributed by atoms with Gasteiger partial charge in [0, 0.05) is 11.8 Å². The molecule has 28 heavy (non-hydrogen) atoms. The highest BCUT2D eigenvalue weighted by atomic mass is 32.2. The van der Waals surface area contributed by atoms with Crippen LogP contribution in [0.4, 0.5) is 5.69 Å². The normalized spacial score (nSPS) is 16.5. The second-order valence-electron chi connectivity index (χ2n) is 5.48. The minimum atomic E-state index is -0.611. The standard InChI is InChI=1S/C19H16N4O4S/c1-26-17(24)10-16-18(25)22-19(28-16)23-21-11-12-3-2-4-15(9-12)27-14-7-5-13(20)6-8-14/h2-11H,20H2,1H3,(H,22,23,25)/b16-10+,21-11?. The molecule has 1 amide bonds. The molecule has 3 rings (SSSR count). The molecule has 9 heteroatoms. The van der Waals surface area contributed by atoms with Gasteiger partial charge in [-0.05, 0) is 53.7 Å². The summed E-state index contributed by atoms with van der Waals surface area (Å²) in [6, 6.07) is 14.3. The van der Waals surface area contributed by atoms with Crippen molar-refractivity contribution in [2.24, 2.45) is 10.2 Å². The summed E-state index contributed by atoms with van der Waals surface area (Å²) in [5.41, 5.74) is 7.08. The van der Waals surface area contributed by atoms with Crippen molar-refractivity contribution in [1.29, 1.82) is 0 Å². The number of hydrogen-bond donors (Lipinski definition) is 2. The summed E-state index contributed by atoms with van der Waals surface area (Å²) in [5, 5.41) is 10.7. The number of methoxy groups -OCH3 is 1. The number of hydrogen-bond acceptors (Lipinski definition) is 8. The molecular weight excluding hydrogens is 380 g/mol. The number of anilines is 1. The highest BCUT2D eigenvalue weighted by Gasteiger charge is 2.24. The van der Waals surface area contributed by atoms with Crippen molar-refractivity contribution in [2.75, 3.05) is 12.8 Å². The van der Waals surface area contributed by atoms with E-state index in [4.69, 9.17) is 10.5 Å². The van der Waals surface area contributed by atoms with E-state index in [2.05, 4.69) is 20.3 Å². The Morgan fingerprint density at radius 3 is 2.71 bits per heavy atom. The van der Waals surface area contributed by atoms with Gasteiger partial charge in [-0.25, -0.2) is 4.79 Å². The topological polar surface area (TPSA) is 115 Å². The van der Waals surface area contributed by atoms with Crippen LogP contribution in [0.15, 0.2) is 69.7 Å². The van der Waals surface area contributed by atoms with Crippen LogP contribution in [-0.2, 0) is 14.3 Å². The van der Waals surface area contributed by atoms with E-state index in [-0.39, 0.29) is 10.1 Å². The Hall–Kier alpha value is -3.59. The van der Waals surface area contributed by atoms with Crippen molar-refractivity contribution < 1.29 is 19.1 Å². The van der Waals surface area contributed by atoms with E-state index < -0.39 is 11.9 Å². The van der Waals surface area contributed by atoms with Crippen LogP contribution >= 0.6 is 11.8 Å². The number of nitrogens with zero attached hydrogens (tertiary/aromatic N) is 2. The van der Waals surface area contributed by atoms with Gasteiger partial charge in [-0.1, -0.05) is 12.1 Å². The number of esters is 1. The van der Waals surface area contributed by atoms with Crippen molar-refractivity contribution >= 4 is 40.7 Å². The largest absolute Gasteiger partial charge is 0.466 e. The van der Waals surface area contributed by atoms with Gasteiger partial charge in [-0.2, -0.15) is 5.10 Å². The summed E-state index contributed by atoms with van der Waals surface area (Å²) in [6.45, 7) is 0. The van der Waals surface area contributed by atoms with Gasteiger partial charge in [0.15, 0.2) is 5.17 Å². The number of nitrogens with two attached hydrogens (primary N) is 1. The maximum absolute atomic E-state index is 11.7. The van der Waals surface area contributed by atoms with Crippen LogP contribution in [-0.4, -0.2) is 30.4 Å². The van der Waals surface area contributed by atoms with Crippen molar-refractivity contribution in [1.82, 2.24) is 5.32 Å². The first-order chi connectivity index (χ1) is 13.5. The molecule has 1 heterocycles. The molecule has 0 aromatic heterocycles. The minimum absolute atomic E-state index is 0.194. The van der Waals surface area contributed by atoms with Crippen molar-refractivity contribution in [3.05, 3.63) is 65.1 Å². The van der Waals surface area contributed by atoms with Crippen LogP contribution in [0.25, 0.3) is 0 Å². The number of nitrogens with one attached hydrogen (secondary N) is 1. The summed E-state index contributed by atoms with van der Waals surface area (Å²) in [6.07, 6.45) is 2.63. The van der Waals surface area contributed by atoms with Crippen LogP contribution in [0.5, 0.6) is 11.5 Å². The van der Waals surface area contributed by atoms with E-state index in [1.54, 1.807) is 30.3 Å². The van der Waals surface area contributed by atoms with Gasteiger partial charge in [0.1, 0.15) is 11.5 Å². The average Bonchev–Trinajstić information content (AvgIpc) is 3.03. The second-order valence-corrected chi connectivity index (χ2v) is 6.51. The second kappa shape index (κ2) is 8.87. The maximum Gasteiger partial charge on any atom is 0.331 e. The molecule has 2 aromatic carbocycles. The smallest absolute Gasteiger partial charge is 0.331 e. The molecule has 0 radical (unpaired) electrons. The quantitative estimate of drug-likeness (QED) is 0.264. The first-order valence-electron chi connectivity index (χ1n) is 8.07.